The maximum Gasteiger partial charge on any atom is 0.295 e. The fraction of sp³-hybridized carbons (Fsp3) is 0.0435. The number of anilines is 1. The molecule has 0 saturated heterocycles. The molecule has 0 saturated carbocycles. The molecule has 3 aromatic carbocycles. The highest BCUT2D eigenvalue weighted by atomic mass is 79.9. The summed E-state index contributed by atoms with van der Waals surface area (Å²) in [5.74, 6) is -0.439. The van der Waals surface area contributed by atoms with E-state index in [9.17, 15) is 9.59 Å². The van der Waals surface area contributed by atoms with Gasteiger partial charge in [0.2, 0.25) is 5.76 Å². The molecule has 0 N–H and O–H groups in total. The van der Waals surface area contributed by atoms with Crippen LogP contribution in [-0.2, 0) is 0 Å². The molecular formula is C23H11BrCl3NO3. The van der Waals surface area contributed by atoms with E-state index >= 15 is 0 Å². The van der Waals surface area contributed by atoms with Crippen molar-refractivity contribution >= 4 is 73.3 Å². The lowest BCUT2D eigenvalue weighted by molar-refractivity contribution is 0.0971. The first-order valence-electron chi connectivity index (χ1n) is 9.15. The third-order valence-electron chi connectivity index (χ3n) is 5.18. The molecule has 0 aliphatic carbocycles. The molecule has 4 nitrogen and oxygen atoms in total. The molecule has 154 valence electrons. The van der Waals surface area contributed by atoms with Crippen molar-refractivity contribution in [1.82, 2.24) is 0 Å². The van der Waals surface area contributed by atoms with Gasteiger partial charge in [-0.05, 0) is 54.1 Å². The van der Waals surface area contributed by atoms with E-state index in [1.54, 1.807) is 60.7 Å². The van der Waals surface area contributed by atoms with Gasteiger partial charge >= 0.3 is 0 Å². The van der Waals surface area contributed by atoms with Crippen LogP contribution in [0.5, 0.6) is 0 Å². The summed E-state index contributed by atoms with van der Waals surface area (Å²) in [6.07, 6.45) is 0. The van der Waals surface area contributed by atoms with Crippen molar-refractivity contribution in [2.45, 2.75) is 6.04 Å². The molecule has 1 unspecified atom stereocenters. The lowest BCUT2D eigenvalue weighted by Gasteiger charge is -2.25. The van der Waals surface area contributed by atoms with Gasteiger partial charge in [-0.15, -0.1) is 0 Å². The van der Waals surface area contributed by atoms with Crippen LogP contribution in [0.25, 0.3) is 11.0 Å². The second kappa shape index (κ2) is 7.68. The summed E-state index contributed by atoms with van der Waals surface area (Å²) in [5.41, 5.74) is 1.45. The summed E-state index contributed by atoms with van der Waals surface area (Å²) in [6, 6.07) is 16.2. The second-order valence-electron chi connectivity index (χ2n) is 7.05. The Morgan fingerprint density at radius 1 is 0.903 bits per heavy atom. The van der Waals surface area contributed by atoms with Gasteiger partial charge in [-0.2, -0.15) is 0 Å². The zero-order chi connectivity index (χ0) is 21.9. The highest BCUT2D eigenvalue weighted by molar-refractivity contribution is 9.10. The number of halogens is 4. The topological polar surface area (TPSA) is 50.5 Å². The predicted molar refractivity (Wildman–Crippen MR) is 127 cm³/mol. The van der Waals surface area contributed by atoms with E-state index < -0.39 is 11.9 Å². The molecule has 8 heteroatoms. The maximum atomic E-state index is 13.6. The summed E-state index contributed by atoms with van der Waals surface area (Å²) >= 11 is 21.9. The van der Waals surface area contributed by atoms with Crippen LogP contribution in [0.1, 0.15) is 27.7 Å². The van der Waals surface area contributed by atoms with E-state index in [2.05, 4.69) is 15.9 Å². The van der Waals surface area contributed by atoms with Crippen LogP contribution in [0.2, 0.25) is 15.1 Å². The van der Waals surface area contributed by atoms with Crippen molar-refractivity contribution in [3.63, 3.8) is 0 Å². The number of amides is 1. The Bertz CT molecular complexity index is 1450. The fourth-order valence-corrected chi connectivity index (χ4v) is 4.69. The smallest absolute Gasteiger partial charge is 0.295 e. The van der Waals surface area contributed by atoms with Gasteiger partial charge in [-0.25, -0.2) is 0 Å². The van der Waals surface area contributed by atoms with Gasteiger partial charge in [0.1, 0.15) is 5.58 Å². The van der Waals surface area contributed by atoms with Gasteiger partial charge in [0.25, 0.3) is 5.91 Å². The minimum atomic E-state index is -0.754. The summed E-state index contributed by atoms with van der Waals surface area (Å²) in [7, 11) is 0. The van der Waals surface area contributed by atoms with Gasteiger partial charge in [0.15, 0.2) is 5.43 Å². The van der Waals surface area contributed by atoms with Crippen molar-refractivity contribution in [3.05, 3.63) is 107 Å². The van der Waals surface area contributed by atoms with E-state index in [1.165, 1.54) is 4.90 Å². The molecule has 4 aromatic rings. The van der Waals surface area contributed by atoms with E-state index in [1.807, 2.05) is 0 Å². The van der Waals surface area contributed by atoms with Crippen LogP contribution in [0.15, 0.2) is 74.3 Å². The van der Waals surface area contributed by atoms with Crippen molar-refractivity contribution in [2.75, 3.05) is 4.90 Å². The average molecular weight is 536 g/mol. The molecule has 2 heterocycles. The number of carbonyl (C=O) groups excluding carboxylic acids is 1. The maximum absolute atomic E-state index is 13.6. The molecule has 0 radical (unpaired) electrons. The Kier molecular flexibility index (Phi) is 5.10. The third kappa shape index (κ3) is 3.37. The number of fused-ring (bicyclic) bond motifs is 2. The lowest BCUT2D eigenvalue weighted by Crippen LogP contribution is -2.29. The molecule has 1 aliphatic rings. The molecule has 0 spiro atoms. The normalized spacial score (nSPS) is 15.5. The Labute approximate surface area is 200 Å². The Balaban J connectivity index is 1.84. The predicted octanol–water partition coefficient (Wildman–Crippen LogP) is 7.27. The van der Waals surface area contributed by atoms with Gasteiger partial charge in [0, 0.05) is 15.2 Å². The van der Waals surface area contributed by atoms with Gasteiger partial charge in [-0.3, -0.25) is 14.5 Å². The molecule has 1 amide bonds. The summed E-state index contributed by atoms with van der Waals surface area (Å²) < 4.78 is 6.67. The minimum Gasteiger partial charge on any atom is -0.450 e. The van der Waals surface area contributed by atoms with E-state index in [0.29, 0.717) is 37.3 Å². The van der Waals surface area contributed by atoms with Crippen LogP contribution in [-0.4, -0.2) is 5.91 Å². The Morgan fingerprint density at radius 3 is 2.45 bits per heavy atom. The van der Waals surface area contributed by atoms with E-state index in [0.717, 1.165) is 4.47 Å². The van der Waals surface area contributed by atoms with Crippen LogP contribution in [0.4, 0.5) is 5.69 Å². The highest BCUT2D eigenvalue weighted by Crippen LogP contribution is 2.43. The number of hydrogen-bond acceptors (Lipinski definition) is 3. The molecule has 5 rings (SSSR count). The summed E-state index contributed by atoms with van der Waals surface area (Å²) in [4.78, 5) is 28.5. The molecule has 1 atom stereocenters. The molecule has 1 aliphatic heterocycles. The molecule has 1 aromatic heterocycles. The monoisotopic (exact) mass is 533 g/mol. The van der Waals surface area contributed by atoms with Crippen molar-refractivity contribution in [3.8, 4) is 0 Å². The molecule has 31 heavy (non-hydrogen) atoms. The molecular weight excluding hydrogens is 525 g/mol. The van der Waals surface area contributed by atoms with E-state index in [4.69, 9.17) is 39.2 Å². The van der Waals surface area contributed by atoms with Crippen molar-refractivity contribution in [2.24, 2.45) is 0 Å². The lowest BCUT2D eigenvalue weighted by atomic mass is 9.98. The number of hydrogen-bond donors (Lipinski definition) is 0. The van der Waals surface area contributed by atoms with Gasteiger partial charge in [0.05, 0.1) is 27.0 Å². The minimum absolute atomic E-state index is 0.00382. The number of carbonyl (C=O) groups is 1. The van der Waals surface area contributed by atoms with Crippen LogP contribution in [0, 0.1) is 0 Å². The molecule has 0 bridgehead atoms. The summed E-state index contributed by atoms with van der Waals surface area (Å²) in [5, 5.41) is 1.53. The number of benzene rings is 3. The quantitative estimate of drug-likeness (QED) is 0.271. The van der Waals surface area contributed by atoms with Crippen molar-refractivity contribution < 1.29 is 9.21 Å². The molecule has 0 fully saturated rings. The van der Waals surface area contributed by atoms with Crippen LogP contribution in [0.3, 0.4) is 0 Å². The Hall–Kier alpha value is -2.31. The summed E-state index contributed by atoms with van der Waals surface area (Å²) in [6.45, 7) is 0. The SMILES string of the molecule is O=C1c2oc3ccc(Br)cc3c(=O)c2C(c2ccc(Cl)c(Cl)c2)N1c1cccc(Cl)c1. The first-order chi connectivity index (χ1) is 14.8. The first kappa shape index (κ1) is 20.6. The average Bonchev–Trinajstić information content (AvgIpc) is 3.03. The largest absolute Gasteiger partial charge is 0.450 e. The van der Waals surface area contributed by atoms with E-state index in [-0.39, 0.29) is 16.8 Å². The van der Waals surface area contributed by atoms with Crippen LogP contribution >= 0.6 is 50.7 Å². The standard InChI is InChI=1S/C23H11BrCl3NO3/c24-12-5-7-18-15(9-12)21(29)19-20(11-4-6-16(26)17(27)8-11)28(23(30)22(19)31-18)14-3-1-2-13(25)10-14/h1-10,20H. The number of rotatable bonds is 2. The first-order valence-corrected chi connectivity index (χ1v) is 11.1. The highest BCUT2D eigenvalue weighted by Gasteiger charge is 2.43. The number of nitrogens with zero attached hydrogens (tertiary/aromatic N) is 1. The second-order valence-corrected chi connectivity index (χ2v) is 9.21. The zero-order valence-electron chi connectivity index (χ0n) is 15.5. The Morgan fingerprint density at radius 2 is 1.71 bits per heavy atom. The van der Waals surface area contributed by atoms with Crippen molar-refractivity contribution in [1.29, 1.82) is 0 Å². The third-order valence-corrected chi connectivity index (χ3v) is 6.65. The fourth-order valence-electron chi connectivity index (χ4n) is 3.84. The van der Waals surface area contributed by atoms with Crippen LogP contribution < -0.4 is 10.3 Å². The van der Waals surface area contributed by atoms with Gasteiger partial charge < -0.3 is 4.42 Å². The van der Waals surface area contributed by atoms with Gasteiger partial charge in [-0.1, -0.05) is 62.9 Å². The zero-order valence-corrected chi connectivity index (χ0v) is 19.4.